The molecule has 2 aromatic carbocycles. The number of methoxy groups -OCH3 is 1. The summed E-state index contributed by atoms with van der Waals surface area (Å²) in [5.74, 6) is 0.570. The van der Waals surface area contributed by atoms with Gasteiger partial charge in [-0.05, 0) is 66.9 Å². The number of anilines is 2. The number of fused-ring (bicyclic) bond motifs is 1. The predicted molar refractivity (Wildman–Crippen MR) is 103 cm³/mol. The van der Waals surface area contributed by atoms with E-state index in [-0.39, 0.29) is 11.8 Å². The lowest BCUT2D eigenvalue weighted by atomic mass is 10.0. The Balaban J connectivity index is 1.84. The van der Waals surface area contributed by atoms with E-state index in [1.807, 2.05) is 23.1 Å². The van der Waals surface area contributed by atoms with Crippen molar-refractivity contribution in [3.8, 4) is 5.75 Å². The maximum absolute atomic E-state index is 13.0. The third-order valence-corrected chi connectivity index (χ3v) is 4.66. The second kappa shape index (κ2) is 7.44. The van der Waals surface area contributed by atoms with Gasteiger partial charge in [0.25, 0.3) is 5.91 Å². The molecule has 0 unspecified atom stereocenters. The number of hydrogen-bond acceptors (Lipinski definition) is 3. The van der Waals surface area contributed by atoms with Gasteiger partial charge in [0, 0.05) is 30.5 Å². The van der Waals surface area contributed by atoms with E-state index in [1.165, 1.54) is 11.0 Å². The largest absolute Gasteiger partial charge is 0.497 e. The Morgan fingerprint density at radius 3 is 2.58 bits per heavy atom. The van der Waals surface area contributed by atoms with Gasteiger partial charge < -0.3 is 14.5 Å². The summed E-state index contributed by atoms with van der Waals surface area (Å²) in [5, 5.41) is 0. The van der Waals surface area contributed by atoms with Gasteiger partial charge in [-0.15, -0.1) is 0 Å². The van der Waals surface area contributed by atoms with Crippen molar-refractivity contribution in [2.45, 2.75) is 12.8 Å². The normalized spacial score (nSPS) is 12.9. The number of carbonyl (C=O) groups excluding carboxylic acids is 2. The van der Waals surface area contributed by atoms with Crippen LogP contribution in [-0.4, -0.2) is 32.5 Å². The average molecular weight is 350 g/mol. The third-order valence-electron chi connectivity index (χ3n) is 4.66. The molecule has 26 heavy (non-hydrogen) atoms. The maximum atomic E-state index is 13.0. The molecule has 5 nitrogen and oxygen atoms in total. The smallest absolute Gasteiger partial charge is 0.258 e. The van der Waals surface area contributed by atoms with Crippen LogP contribution in [0.4, 0.5) is 11.4 Å². The van der Waals surface area contributed by atoms with Crippen molar-refractivity contribution in [2.24, 2.45) is 0 Å². The minimum absolute atomic E-state index is 0.0413. The summed E-state index contributed by atoms with van der Waals surface area (Å²) in [4.78, 5) is 28.0. The number of rotatable bonds is 4. The lowest BCUT2D eigenvalue weighted by Gasteiger charge is -2.30. The Morgan fingerprint density at radius 2 is 1.92 bits per heavy atom. The number of hydrogen-bond donors (Lipinski definition) is 0. The standard InChI is InChI=1S/C21H22N2O3/c1-4-20(24)22(2)17-9-7-15(8-10-17)21(25)23-13-5-6-16-14-18(26-3)11-12-19(16)23/h4,7-12,14H,1,5-6,13H2,2-3H3. The monoisotopic (exact) mass is 350 g/mol. The average Bonchev–Trinajstić information content (AvgIpc) is 2.71. The first-order chi connectivity index (χ1) is 12.5. The maximum Gasteiger partial charge on any atom is 0.258 e. The number of aryl methyl sites for hydroxylation is 1. The molecule has 0 aliphatic carbocycles. The zero-order chi connectivity index (χ0) is 18.7. The minimum Gasteiger partial charge on any atom is -0.497 e. The first-order valence-electron chi connectivity index (χ1n) is 8.54. The summed E-state index contributed by atoms with van der Waals surface area (Å²) >= 11 is 0. The van der Waals surface area contributed by atoms with Crippen molar-refractivity contribution in [2.75, 3.05) is 30.5 Å². The van der Waals surface area contributed by atoms with Crippen LogP contribution < -0.4 is 14.5 Å². The third kappa shape index (κ3) is 3.33. The molecule has 3 rings (SSSR count). The summed E-state index contributed by atoms with van der Waals surface area (Å²) in [6.45, 7) is 4.18. The molecule has 0 bridgehead atoms. The van der Waals surface area contributed by atoms with Crippen LogP contribution in [0.1, 0.15) is 22.3 Å². The van der Waals surface area contributed by atoms with Gasteiger partial charge in [-0.2, -0.15) is 0 Å². The minimum atomic E-state index is -0.192. The molecule has 134 valence electrons. The van der Waals surface area contributed by atoms with Gasteiger partial charge >= 0.3 is 0 Å². The fourth-order valence-corrected chi connectivity index (χ4v) is 3.16. The van der Waals surface area contributed by atoms with Crippen LogP contribution >= 0.6 is 0 Å². The molecule has 1 heterocycles. The first-order valence-corrected chi connectivity index (χ1v) is 8.54. The molecule has 0 aromatic heterocycles. The first kappa shape index (κ1) is 17.7. The van der Waals surface area contributed by atoms with Gasteiger partial charge in [0.1, 0.15) is 5.75 Å². The van der Waals surface area contributed by atoms with E-state index in [9.17, 15) is 9.59 Å². The SMILES string of the molecule is C=CC(=O)N(C)c1ccc(C(=O)N2CCCc3cc(OC)ccc32)cc1. The van der Waals surface area contributed by atoms with Gasteiger partial charge in [-0.3, -0.25) is 9.59 Å². The van der Waals surface area contributed by atoms with Crippen molar-refractivity contribution in [3.05, 3.63) is 66.2 Å². The zero-order valence-electron chi connectivity index (χ0n) is 15.1. The van der Waals surface area contributed by atoms with Crippen LogP contribution in [0.3, 0.4) is 0 Å². The van der Waals surface area contributed by atoms with Crippen molar-refractivity contribution in [3.63, 3.8) is 0 Å². The van der Waals surface area contributed by atoms with Gasteiger partial charge in [-0.25, -0.2) is 0 Å². The molecule has 0 N–H and O–H groups in total. The number of ether oxygens (including phenoxy) is 1. The molecular formula is C21H22N2O3. The van der Waals surface area contributed by atoms with Crippen molar-refractivity contribution < 1.29 is 14.3 Å². The van der Waals surface area contributed by atoms with Crippen LogP contribution in [0.2, 0.25) is 0 Å². The Kier molecular flexibility index (Phi) is 5.07. The van der Waals surface area contributed by atoms with E-state index < -0.39 is 0 Å². The zero-order valence-corrected chi connectivity index (χ0v) is 15.1. The van der Waals surface area contributed by atoms with Crippen LogP contribution in [-0.2, 0) is 11.2 Å². The van der Waals surface area contributed by atoms with E-state index in [0.29, 0.717) is 12.1 Å². The second-order valence-electron chi connectivity index (χ2n) is 6.20. The van der Waals surface area contributed by atoms with E-state index in [2.05, 4.69) is 6.58 Å². The molecular weight excluding hydrogens is 328 g/mol. The van der Waals surface area contributed by atoms with Gasteiger partial charge in [0.05, 0.1) is 7.11 Å². The summed E-state index contributed by atoms with van der Waals surface area (Å²) in [6, 6.07) is 12.9. The van der Waals surface area contributed by atoms with Gasteiger partial charge in [0.2, 0.25) is 5.91 Å². The Morgan fingerprint density at radius 1 is 1.19 bits per heavy atom. The van der Waals surface area contributed by atoms with Crippen molar-refractivity contribution in [1.82, 2.24) is 0 Å². The highest BCUT2D eigenvalue weighted by atomic mass is 16.5. The molecule has 0 radical (unpaired) electrons. The van der Waals surface area contributed by atoms with Crippen LogP contribution in [0.25, 0.3) is 0 Å². The second-order valence-corrected chi connectivity index (χ2v) is 6.20. The fraction of sp³-hybridized carbons (Fsp3) is 0.238. The summed E-state index contributed by atoms with van der Waals surface area (Å²) < 4.78 is 5.28. The van der Waals surface area contributed by atoms with E-state index in [4.69, 9.17) is 4.74 Å². The molecule has 5 heteroatoms. The highest BCUT2D eigenvalue weighted by Crippen LogP contribution is 2.31. The van der Waals surface area contributed by atoms with E-state index >= 15 is 0 Å². The molecule has 1 aliphatic rings. The van der Waals surface area contributed by atoms with Crippen LogP contribution in [0.15, 0.2) is 55.1 Å². The number of benzene rings is 2. The molecule has 0 spiro atoms. The Bertz CT molecular complexity index is 843. The van der Waals surface area contributed by atoms with E-state index in [1.54, 1.807) is 38.4 Å². The lowest BCUT2D eigenvalue weighted by Crippen LogP contribution is -2.35. The molecule has 1 aliphatic heterocycles. The van der Waals surface area contributed by atoms with E-state index in [0.717, 1.165) is 35.5 Å². The molecule has 0 saturated heterocycles. The lowest BCUT2D eigenvalue weighted by molar-refractivity contribution is -0.113. The summed E-state index contributed by atoms with van der Waals surface area (Å²) in [7, 11) is 3.32. The molecule has 0 atom stereocenters. The summed E-state index contributed by atoms with van der Waals surface area (Å²) in [6.07, 6.45) is 3.11. The van der Waals surface area contributed by atoms with Crippen molar-refractivity contribution >= 4 is 23.2 Å². The molecule has 0 saturated carbocycles. The number of amides is 2. The Hall–Kier alpha value is -3.08. The highest BCUT2D eigenvalue weighted by Gasteiger charge is 2.24. The topological polar surface area (TPSA) is 49.9 Å². The van der Waals surface area contributed by atoms with Gasteiger partial charge in [0.15, 0.2) is 0 Å². The van der Waals surface area contributed by atoms with Gasteiger partial charge in [-0.1, -0.05) is 6.58 Å². The quantitative estimate of drug-likeness (QED) is 0.794. The fourth-order valence-electron chi connectivity index (χ4n) is 3.16. The summed E-state index contributed by atoms with van der Waals surface area (Å²) in [5.41, 5.74) is 3.37. The van der Waals surface area contributed by atoms with Crippen LogP contribution in [0.5, 0.6) is 5.75 Å². The number of nitrogens with zero attached hydrogens (tertiary/aromatic N) is 2. The molecule has 0 fully saturated rings. The predicted octanol–water partition coefficient (Wildman–Crippen LogP) is 3.44. The number of likely N-dealkylation sites (N-methyl/N-ethyl adjacent to an activating group) is 1. The molecule has 2 amide bonds. The van der Waals surface area contributed by atoms with Crippen LogP contribution in [0, 0.1) is 0 Å². The number of carbonyl (C=O) groups is 2. The van der Waals surface area contributed by atoms with Crippen molar-refractivity contribution in [1.29, 1.82) is 0 Å². The Labute approximate surface area is 153 Å². The molecule has 2 aromatic rings. The highest BCUT2D eigenvalue weighted by molar-refractivity contribution is 6.07.